The minimum Gasteiger partial charge on any atom is -0.344 e. The zero-order valence-electron chi connectivity index (χ0n) is 11.8. The zero-order valence-corrected chi connectivity index (χ0v) is 11.8. The topological polar surface area (TPSA) is 37.3 Å². The minimum atomic E-state index is 0.138. The van der Waals surface area contributed by atoms with Gasteiger partial charge in [-0.3, -0.25) is 4.79 Å². The van der Waals surface area contributed by atoms with Crippen LogP contribution in [0.4, 0.5) is 0 Å². The molecule has 0 unspecified atom stereocenters. The van der Waals surface area contributed by atoms with E-state index in [2.05, 4.69) is 23.6 Å². The van der Waals surface area contributed by atoms with Gasteiger partial charge in [-0.25, -0.2) is 0 Å². The number of nitrogens with zero attached hydrogens (tertiary/aromatic N) is 2. The number of hydrogen-bond acceptors (Lipinski definition) is 2. The fraction of sp³-hybridized carbons (Fsp3) is 0.400. The van der Waals surface area contributed by atoms with E-state index in [1.165, 1.54) is 10.9 Å². The summed E-state index contributed by atoms with van der Waals surface area (Å²) < 4.78 is 2.04. The average molecular weight is 259 g/mol. The molecule has 1 aromatic carbocycles. The van der Waals surface area contributed by atoms with E-state index in [0.717, 1.165) is 18.6 Å². The lowest BCUT2D eigenvalue weighted by molar-refractivity contribution is -0.130. The summed E-state index contributed by atoms with van der Waals surface area (Å²) in [7, 11) is 3.77. The zero-order chi connectivity index (χ0) is 13.8. The fourth-order valence-corrected chi connectivity index (χ4v) is 2.23. The molecule has 1 aromatic heterocycles. The molecule has 0 radical (unpaired) electrons. The van der Waals surface area contributed by atoms with E-state index in [9.17, 15) is 4.79 Å². The molecule has 0 saturated heterocycles. The average Bonchev–Trinajstić information content (AvgIpc) is 2.77. The highest BCUT2D eigenvalue weighted by atomic mass is 16.2. The van der Waals surface area contributed by atoms with E-state index in [1.807, 2.05) is 37.7 Å². The highest BCUT2D eigenvalue weighted by Crippen LogP contribution is 2.21. The monoisotopic (exact) mass is 259 g/mol. The van der Waals surface area contributed by atoms with Gasteiger partial charge in [0, 0.05) is 37.2 Å². The summed E-state index contributed by atoms with van der Waals surface area (Å²) >= 11 is 0. The van der Waals surface area contributed by atoms with Crippen LogP contribution >= 0.6 is 0 Å². The molecule has 0 fully saturated rings. The number of nitrogens with one attached hydrogen (secondary N) is 1. The van der Waals surface area contributed by atoms with Crippen LogP contribution in [0.1, 0.15) is 12.5 Å². The molecular weight excluding hydrogens is 238 g/mol. The van der Waals surface area contributed by atoms with Gasteiger partial charge in [0.05, 0.1) is 0 Å². The molecule has 2 rings (SSSR count). The summed E-state index contributed by atoms with van der Waals surface area (Å²) in [6, 6.07) is 8.21. The van der Waals surface area contributed by atoms with Crippen LogP contribution in [-0.2, 0) is 17.9 Å². The van der Waals surface area contributed by atoms with Gasteiger partial charge in [0.25, 0.3) is 0 Å². The SMILES string of the molecule is CCN(C)C(=O)Cn1cc(CNC)c2ccccc21. The van der Waals surface area contributed by atoms with Gasteiger partial charge in [-0.2, -0.15) is 0 Å². The number of carbonyl (C=O) groups excluding carboxylic acids is 1. The Morgan fingerprint density at radius 2 is 2.11 bits per heavy atom. The molecule has 1 amide bonds. The first-order valence-corrected chi connectivity index (χ1v) is 6.62. The molecule has 0 atom stereocenters. The second kappa shape index (κ2) is 5.89. The lowest BCUT2D eigenvalue weighted by Gasteiger charge is -2.15. The van der Waals surface area contributed by atoms with E-state index in [0.29, 0.717) is 6.54 Å². The number of hydrogen-bond donors (Lipinski definition) is 1. The molecule has 0 saturated carbocycles. The number of amides is 1. The molecule has 1 N–H and O–H groups in total. The molecule has 1 heterocycles. The minimum absolute atomic E-state index is 0.138. The van der Waals surface area contributed by atoms with E-state index >= 15 is 0 Å². The Labute approximate surface area is 114 Å². The highest BCUT2D eigenvalue weighted by Gasteiger charge is 2.12. The van der Waals surface area contributed by atoms with Crippen LogP contribution in [0.15, 0.2) is 30.5 Å². The summed E-state index contributed by atoms with van der Waals surface area (Å²) in [5.41, 5.74) is 2.34. The molecule has 0 aliphatic heterocycles. The summed E-state index contributed by atoms with van der Waals surface area (Å²) in [4.78, 5) is 13.8. The molecule has 0 spiro atoms. The van der Waals surface area contributed by atoms with Crippen LogP contribution in [0.5, 0.6) is 0 Å². The van der Waals surface area contributed by atoms with Crippen LogP contribution in [0.25, 0.3) is 10.9 Å². The van der Waals surface area contributed by atoms with Crippen molar-refractivity contribution in [3.05, 3.63) is 36.0 Å². The van der Waals surface area contributed by atoms with Crippen molar-refractivity contribution in [3.63, 3.8) is 0 Å². The number of carbonyl (C=O) groups is 1. The molecule has 19 heavy (non-hydrogen) atoms. The van der Waals surface area contributed by atoms with Crippen molar-refractivity contribution >= 4 is 16.8 Å². The molecular formula is C15H21N3O. The number of benzene rings is 1. The van der Waals surface area contributed by atoms with E-state index in [4.69, 9.17) is 0 Å². The van der Waals surface area contributed by atoms with Gasteiger partial charge in [-0.1, -0.05) is 18.2 Å². The maximum absolute atomic E-state index is 12.0. The second-order valence-corrected chi connectivity index (χ2v) is 4.74. The van der Waals surface area contributed by atoms with Crippen molar-refractivity contribution in [1.29, 1.82) is 0 Å². The van der Waals surface area contributed by atoms with Crippen LogP contribution in [0, 0.1) is 0 Å². The Morgan fingerprint density at radius 3 is 2.79 bits per heavy atom. The second-order valence-electron chi connectivity index (χ2n) is 4.74. The van der Waals surface area contributed by atoms with Gasteiger partial charge in [0.15, 0.2) is 0 Å². The molecule has 0 aliphatic rings. The molecule has 0 aliphatic carbocycles. The predicted molar refractivity (Wildman–Crippen MR) is 78.0 cm³/mol. The van der Waals surface area contributed by atoms with Gasteiger partial charge in [-0.15, -0.1) is 0 Å². The maximum Gasteiger partial charge on any atom is 0.242 e. The van der Waals surface area contributed by atoms with Gasteiger partial charge in [0.1, 0.15) is 6.54 Å². The number of aromatic nitrogens is 1. The Kier molecular flexibility index (Phi) is 4.22. The van der Waals surface area contributed by atoms with Crippen molar-refractivity contribution < 1.29 is 4.79 Å². The largest absolute Gasteiger partial charge is 0.344 e. The third kappa shape index (κ3) is 2.79. The summed E-state index contributed by atoms with van der Waals surface area (Å²) in [6.07, 6.45) is 2.07. The standard InChI is InChI=1S/C15H21N3O/c1-4-17(3)15(19)11-18-10-12(9-16-2)13-7-5-6-8-14(13)18/h5-8,10,16H,4,9,11H2,1-3H3. The van der Waals surface area contributed by atoms with Crippen molar-refractivity contribution in [1.82, 2.24) is 14.8 Å². The Bertz CT molecular complexity index is 574. The first-order valence-electron chi connectivity index (χ1n) is 6.62. The number of rotatable bonds is 5. The van der Waals surface area contributed by atoms with Crippen molar-refractivity contribution in [2.24, 2.45) is 0 Å². The van der Waals surface area contributed by atoms with Crippen molar-refractivity contribution in [2.75, 3.05) is 20.6 Å². The molecule has 4 heteroatoms. The van der Waals surface area contributed by atoms with Crippen LogP contribution in [0.3, 0.4) is 0 Å². The number of likely N-dealkylation sites (N-methyl/N-ethyl adjacent to an activating group) is 1. The molecule has 2 aromatic rings. The smallest absolute Gasteiger partial charge is 0.242 e. The highest BCUT2D eigenvalue weighted by molar-refractivity contribution is 5.86. The molecule has 102 valence electrons. The van der Waals surface area contributed by atoms with Crippen molar-refractivity contribution in [2.45, 2.75) is 20.0 Å². The van der Waals surface area contributed by atoms with Gasteiger partial charge < -0.3 is 14.8 Å². The fourth-order valence-electron chi connectivity index (χ4n) is 2.23. The lowest BCUT2D eigenvalue weighted by atomic mass is 10.2. The Morgan fingerprint density at radius 1 is 1.37 bits per heavy atom. The third-order valence-corrected chi connectivity index (χ3v) is 3.44. The quantitative estimate of drug-likeness (QED) is 0.889. The van der Waals surface area contributed by atoms with E-state index in [-0.39, 0.29) is 5.91 Å². The third-order valence-electron chi connectivity index (χ3n) is 3.44. The van der Waals surface area contributed by atoms with Gasteiger partial charge >= 0.3 is 0 Å². The first kappa shape index (κ1) is 13.6. The predicted octanol–water partition coefficient (Wildman–Crippen LogP) is 1.84. The van der Waals surface area contributed by atoms with E-state index in [1.54, 1.807) is 4.90 Å². The lowest BCUT2D eigenvalue weighted by Crippen LogP contribution is -2.29. The number of fused-ring (bicyclic) bond motifs is 1. The number of para-hydroxylation sites is 1. The van der Waals surface area contributed by atoms with Crippen LogP contribution in [-0.4, -0.2) is 36.0 Å². The normalized spacial score (nSPS) is 10.9. The Balaban J connectivity index is 2.35. The first-order chi connectivity index (χ1) is 9.17. The van der Waals surface area contributed by atoms with Gasteiger partial charge in [-0.05, 0) is 25.6 Å². The molecule has 0 bridgehead atoms. The Hall–Kier alpha value is -1.81. The van der Waals surface area contributed by atoms with Crippen LogP contribution in [0.2, 0.25) is 0 Å². The molecule has 4 nitrogen and oxygen atoms in total. The summed E-state index contributed by atoms with van der Waals surface area (Å²) in [5, 5.41) is 4.38. The van der Waals surface area contributed by atoms with Crippen LogP contribution < -0.4 is 5.32 Å². The maximum atomic E-state index is 12.0. The van der Waals surface area contributed by atoms with Gasteiger partial charge in [0.2, 0.25) is 5.91 Å². The summed E-state index contributed by atoms with van der Waals surface area (Å²) in [5.74, 6) is 0.138. The summed E-state index contributed by atoms with van der Waals surface area (Å²) in [6.45, 7) is 3.93. The van der Waals surface area contributed by atoms with E-state index < -0.39 is 0 Å². The van der Waals surface area contributed by atoms with Crippen molar-refractivity contribution in [3.8, 4) is 0 Å².